The van der Waals surface area contributed by atoms with Gasteiger partial charge in [-0.3, -0.25) is 4.79 Å². The number of benzene rings is 2. The highest BCUT2D eigenvalue weighted by Crippen LogP contribution is 2.21. The van der Waals surface area contributed by atoms with Gasteiger partial charge in [0.2, 0.25) is 5.91 Å². The Morgan fingerprint density at radius 1 is 1.15 bits per heavy atom. The lowest BCUT2D eigenvalue weighted by Gasteiger charge is -2.19. The first-order valence-corrected chi connectivity index (χ1v) is 12.0. The molecule has 176 valence electrons. The van der Waals surface area contributed by atoms with Crippen LogP contribution < -0.4 is 5.32 Å². The molecule has 0 bridgehead atoms. The fraction of sp³-hybridized carbons (Fsp3) is 0.360. The van der Waals surface area contributed by atoms with Crippen molar-refractivity contribution in [1.82, 2.24) is 19.2 Å². The number of hydrogen-bond acceptors (Lipinski definition) is 4. The number of carbonyl (C=O) groups is 1. The van der Waals surface area contributed by atoms with Crippen LogP contribution in [-0.4, -0.2) is 50.8 Å². The molecule has 3 aromatic rings. The summed E-state index contributed by atoms with van der Waals surface area (Å²) in [5, 5.41) is 2.86. The number of amides is 1. The number of ether oxygens (including phenoxy) is 1. The highest BCUT2D eigenvalue weighted by atomic mass is 32.2. The largest absolute Gasteiger partial charge is 0.370 e. The van der Waals surface area contributed by atoms with Crippen molar-refractivity contribution in [2.45, 2.75) is 32.2 Å². The zero-order valence-electron chi connectivity index (χ0n) is 19.9. The maximum atomic E-state index is 12.9. The maximum absolute atomic E-state index is 12.9. The first kappa shape index (κ1) is 24.8. The van der Waals surface area contributed by atoms with Gasteiger partial charge < -0.3 is 14.6 Å². The summed E-state index contributed by atoms with van der Waals surface area (Å²) in [4.78, 5) is 17.3. The van der Waals surface area contributed by atoms with E-state index in [0.717, 1.165) is 38.4 Å². The van der Waals surface area contributed by atoms with Crippen LogP contribution in [0.15, 0.2) is 53.8 Å². The minimum atomic E-state index is -1.27. The van der Waals surface area contributed by atoms with E-state index in [2.05, 4.69) is 10.3 Å². The van der Waals surface area contributed by atoms with Crippen molar-refractivity contribution in [3.05, 3.63) is 71.2 Å². The number of carbonyl (C=O) groups excluding carboxylic acids is 1. The Kier molecular flexibility index (Phi) is 8.55. The third kappa shape index (κ3) is 6.83. The fourth-order valence-electron chi connectivity index (χ4n) is 3.65. The first-order chi connectivity index (χ1) is 15.7. The van der Waals surface area contributed by atoms with Gasteiger partial charge in [-0.1, -0.05) is 42.0 Å². The van der Waals surface area contributed by atoms with E-state index >= 15 is 0 Å². The summed E-state index contributed by atoms with van der Waals surface area (Å²) in [6.45, 7) is 7.17. The monoisotopic (exact) mass is 468 g/mol. The average molecular weight is 469 g/mol. The highest BCUT2D eigenvalue weighted by Gasteiger charge is 2.16. The molecule has 2 aromatic carbocycles. The second-order valence-corrected chi connectivity index (χ2v) is 9.81. The zero-order chi connectivity index (χ0) is 24.0. The van der Waals surface area contributed by atoms with Crippen molar-refractivity contribution < 1.29 is 13.7 Å². The number of aryl methyl sites for hydroxylation is 4. The molecular formula is C25H32N4O3S. The predicted molar refractivity (Wildman–Crippen MR) is 131 cm³/mol. The average Bonchev–Trinajstić information content (AvgIpc) is 3.21. The molecule has 1 atom stereocenters. The summed E-state index contributed by atoms with van der Waals surface area (Å²) in [5.74, 6) is -0.183. The molecule has 0 aliphatic carbocycles. The van der Waals surface area contributed by atoms with Crippen molar-refractivity contribution in [3.63, 3.8) is 0 Å². The zero-order valence-corrected chi connectivity index (χ0v) is 20.7. The van der Waals surface area contributed by atoms with Crippen molar-refractivity contribution in [2.24, 2.45) is 7.05 Å². The van der Waals surface area contributed by atoms with E-state index in [0.29, 0.717) is 19.7 Å². The molecule has 0 aliphatic rings. The van der Waals surface area contributed by atoms with Crippen molar-refractivity contribution in [3.8, 4) is 11.3 Å². The molecule has 1 amide bonds. The van der Waals surface area contributed by atoms with Crippen molar-refractivity contribution in [2.75, 3.05) is 26.8 Å². The highest BCUT2D eigenvalue weighted by molar-refractivity contribution is 7.82. The summed E-state index contributed by atoms with van der Waals surface area (Å²) in [6.07, 6.45) is 3.73. The molecule has 0 radical (unpaired) electrons. The summed E-state index contributed by atoms with van der Waals surface area (Å²) in [6, 6.07) is 12.0. The van der Waals surface area contributed by atoms with E-state index in [-0.39, 0.29) is 12.5 Å². The van der Waals surface area contributed by atoms with Gasteiger partial charge in [0.1, 0.15) is 17.6 Å². The quantitative estimate of drug-likeness (QED) is 0.463. The van der Waals surface area contributed by atoms with Crippen molar-refractivity contribution >= 4 is 16.9 Å². The molecule has 1 N–H and O–H groups in total. The molecule has 0 saturated carbocycles. The van der Waals surface area contributed by atoms with Gasteiger partial charge in [0, 0.05) is 38.9 Å². The van der Waals surface area contributed by atoms with Gasteiger partial charge in [-0.2, -0.15) is 0 Å². The van der Waals surface area contributed by atoms with Crippen LogP contribution in [0.5, 0.6) is 0 Å². The Labute approximate surface area is 198 Å². The Hall–Kier alpha value is -2.81. The Balaban J connectivity index is 1.38. The minimum Gasteiger partial charge on any atom is -0.370 e. The Morgan fingerprint density at radius 2 is 1.82 bits per heavy atom. The van der Waals surface area contributed by atoms with Crippen molar-refractivity contribution in [1.29, 1.82) is 0 Å². The number of nitrogens with zero attached hydrogens (tertiary/aromatic N) is 3. The second-order valence-electron chi connectivity index (χ2n) is 8.28. The third-order valence-electron chi connectivity index (χ3n) is 5.29. The van der Waals surface area contributed by atoms with Gasteiger partial charge in [0.15, 0.2) is 0 Å². The molecule has 1 aromatic heterocycles. The van der Waals surface area contributed by atoms with Crippen LogP contribution in [0, 0.1) is 20.8 Å². The number of nitrogens with one attached hydrogen (secondary N) is 1. The van der Waals surface area contributed by atoms with E-state index in [9.17, 15) is 9.00 Å². The number of hydrogen-bond donors (Lipinski definition) is 1. The molecule has 0 spiro atoms. The number of aromatic nitrogens is 2. The number of rotatable bonds is 10. The van der Waals surface area contributed by atoms with Crippen LogP contribution >= 0.6 is 0 Å². The van der Waals surface area contributed by atoms with Gasteiger partial charge in [-0.15, -0.1) is 0 Å². The molecule has 1 unspecified atom stereocenters. The lowest BCUT2D eigenvalue weighted by atomic mass is 10.1. The lowest BCUT2D eigenvalue weighted by Crippen LogP contribution is -2.30. The summed E-state index contributed by atoms with van der Waals surface area (Å²) in [7, 11) is 2.47. The summed E-state index contributed by atoms with van der Waals surface area (Å²) >= 11 is 0. The first-order valence-electron chi connectivity index (χ1n) is 10.9. The predicted octanol–water partition coefficient (Wildman–Crippen LogP) is 3.30. The number of likely N-dealkylation sites (N-methyl/N-ethyl adjacent to an activating group) is 1. The van der Waals surface area contributed by atoms with E-state index < -0.39 is 11.0 Å². The van der Waals surface area contributed by atoms with Crippen LogP contribution in [0.2, 0.25) is 0 Å². The van der Waals surface area contributed by atoms with Gasteiger partial charge >= 0.3 is 0 Å². The van der Waals surface area contributed by atoms with E-state index in [1.54, 1.807) is 17.7 Å². The summed E-state index contributed by atoms with van der Waals surface area (Å²) in [5.41, 5.74) is 6.15. The second kappa shape index (κ2) is 11.4. The van der Waals surface area contributed by atoms with Crippen LogP contribution in [0.4, 0.5) is 0 Å². The molecule has 7 nitrogen and oxygen atoms in total. The molecule has 3 rings (SSSR count). The number of imidazole rings is 1. The topological polar surface area (TPSA) is 76.5 Å². The maximum Gasteiger partial charge on any atom is 0.246 e. The van der Waals surface area contributed by atoms with E-state index in [1.165, 1.54) is 0 Å². The van der Waals surface area contributed by atoms with E-state index in [1.807, 2.05) is 75.0 Å². The van der Waals surface area contributed by atoms with Gasteiger partial charge in [-0.25, -0.2) is 13.5 Å². The smallest absolute Gasteiger partial charge is 0.246 e. The third-order valence-corrected chi connectivity index (χ3v) is 7.03. The molecule has 0 fully saturated rings. The Bertz CT molecular complexity index is 1100. The van der Waals surface area contributed by atoms with Crippen LogP contribution in [0.25, 0.3) is 11.3 Å². The molecular weight excluding hydrogens is 436 g/mol. The molecule has 1 heterocycles. The molecule has 8 heteroatoms. The van der Waals surface area contributed by atoms with Gasteiger partial charge in [0.05, 0.1) is 23.5 Å². The summed E-state index contributed by atoms with van der Waals surface area (Å²) < 4.78 is 22.0. The van der Waals surface area contributed by atoms with Crippen LogP contribution in [0.3, 0.4) is 0 Å². The van der Waals surface area contributed by atoms with Crippen LogP contribution in [-0.2, 0) is 34.1 Å². The lowest BCUT2D eigenvalue weighted by molar-refractivity contribution is -0.125. The van der Waals surface area contributed by atoms with E-state index in [4.69, 9.17) is 4.74 Å². The van der Waals surface area contributed by atoms with Crippen LogP contribution in [0.1, 0.15) is 22.3 Å². The van der Waals surface area contributed by atoms with Gasteiger partial charge in [-0.05, 0) is 37.5 Å². The van der Waals surface area contributed by atoms with Gasteiger partial charge in [0.25, 0.3) is 0 Å². The fourth-order valence-corrected chi connectivity index (χ4v) is 4.87. The molecule has 0 saturated heterocycles. The SMILES string of the molecule is Cc1cc(C)c(S(=O)N(C)CCOCC(=O)NCc2ccc(-c3cn(C)cn3)cc2)c(C)c1. The molecule has 33 heavy (non-hydrogen) atoms. The Morgan fingerprint density at radius 3 is 2.42 bits per heavy atom. The minimum absolute atomic E-state index is 0.0327. The standard InChI is InChI=1S/C25H32N4O3S/c1-18-12-19(2)25(20(3)13-18)33(31)29(5)10-11-32-16-24(30)26-14-21-6-8-22(9-7-21)23-15-28(4)17-27-23/h6-9,12-13,15,17H,10-11,14,16H2,1-5H3,(H,26,30). The normalized spacial score (nSPS) is 12.2. The molecule has 0 aliphatic heterocycles.